The van der Waals surface area contributed by atoms with Crippen molar-refractivity contribution in [2.45, 2.75) is 19.4 Å². The van der Waals surface area contributed by atoms with Gasteiger partial charge in [-0.1, -0.05) is 0 Å². The van der Waals surface area contributed by atoms with Crippen molar-refractivity contribution in [3.8, 4) is 5.75 Å². The highest BCUT2D eigenvalue weighted by Gasteiger charge is 2.02. The van der Waals surface area contributed by atoms with Crippen molar-refractivity contribution in [3.05, 3.63) is 59.2 Å². The molecule has 0 fully saturated rings. The number of hydrogen-bond donors (Lipinski definition) is 0. The number of nitrogens with zero attached hydrogens (tertiary/aromatic N) is 1. The zero-order valence-corrected chi connectivity index (χ0v) is 10.7. The van der Waals surface area contributed by atoms with Gasteiger partial charge >= 0.3 is 0 Å². The first kappa shape index (κ1) is 12.8. The van der Waals surface area contributed by atoms with Crippen molar-refractivity contribution < 1.29 is 9.13 Å². The molecule has 0 spiro atoms. The molecule has 0 unspecified atom stereocenters. The fourth-order valence-electron chi connectivity index (χ4n) is 1.64. The predicted octanol–water partition coefficient (Wildman–Crippen LogP) is 3.85. The molecule has 1 aromatic heterocycles. The average molecular weight is 266 g/mol. The number of benzene rings is 1. The quantitative estimate of drug-likeness (QED) is 0.784. The summed E-state index contributed by atoms with van der Waals surface area (Å²) in [6.07, 6.45) is 3.51. The predicted molar refractivity (Wildman–Crippen MR) is 69.3 cm³/mol. The Morgan fingerprint density at radius 2 is 2.00 bits per heavy atom. The number of ether oxygens (including phenoxy) is 1. The van der Waals surface area contributed by atoms with Crippen LogP contribution in [0.3, 0.4) is 0 Å². The first-order valence-corrected chi connectivity index (χ1v) is 6.09. The number of rotatable bonds is 4. The van der Waals surface area contributed by atoms with Crippen LogP contribution in [0.1, 0.15) is 16.7 Å². The average Bonchev–Trinajstić information content (AvgIpc) is 2.36. The fourth-order valence-corrected chi connectivity index (χ4v) is 1.80. The van der Waals surface area contributed by atoms with E-state index in [2.05, 4.69) is 4.98 Å². The molecule has 1 aromatic carbocycles. The molecule has 2 nitrogen and oxygen atoms in total. The van der Waals surface area contributed by atoms with Crippen molar-refractivity contribution in [3.63, 3.8) is 0 Å². The molecule has 18 heavy (non-hydrogen) atoms. The van der Waals surface area contributed by atoms with Crippen molar-refractivity contribution in [2.24, 2.45) is 0 Å². The van der Waals surface area contributed by atoms with Crippen LogP contribution >= 0.6 is 11.6 Å². The molecule has 0 atom stereocenters. The van der Waals surface area contributed by atoms with Crippen molar-refractivity contribution in [1.29, 1.82) is 0 Å². The van der Waals surface area contributed by atoms with E-state index in [1.165, 1.54) is 12.1 Å². The Bertz CT molecular complexity index is 545. The Balaban J connectivity index is 2.08. The molecule has 0 N–H and O–H groups in total. The third-order valence-electron chi connectivity index (χ3n) is 2.42. The molecule has 0 aliphatic heterocycles. The first-order chi connectivity index (χ1) is 8.67. The van der Waals surface area contributed by atoms with Crippen molar-refractivity contribution in [2.75, 3.05) is 0 Å². The summed E-state index contributed by atoms with van der Waals surface area (Å²) in [6.45, 7) is 2.32. The molecule has 0 aliphatic rings. The smallest absolute Gasteiger partial charge is 0.127 e. The van der Waals surface area contributed by atoms with Crippen molar-refractivity contribution >= 4 is 11.6 Å². The Morgan fingerprint density at radius 3 is 2.72 bits per heavy atom. The lowest BCUT2D eigenvalue weighted by Gasteiger charge is -2.08. The van der Waals surface area contributed by atoms with Crippen LogP contribution in [0.25, 0.3) is 0 Å². The molecular formula is C14H13ClFNO. The summed E-state index contributed by atoms with van der Waals surface area (Å²) in [4.78, 5) is 4.07. The minimum Gasteiger partial charge on any atom is -0.489 e. The van der Waals surface area contributed by atoms with Gasteiger partial charge in [0.2, 0.25) is 0 Å². The monoisotopic (exact) mass is 265 g/mol. The summed E-state index contributed by atoms with van der Waals surface area (Å²) in [5.74, 6) is 0.401. The van der Waals surface area contributed by atoms with Gasteiger partial charge < -0.3 is 4.74 Å². The lowest BCUT2D eigenvalue weighted by Crippen LogP contribution is -1.97. The highest BCUT2D eigenvalue weighted by molar-refractivity contribution is 6.17. The van der Waals surface area contributed by atoms with Gasteiger partial charge in [0, 0.05) is 29.9 Å². The summed E-state index contributed by atoms with van der Waals surface area (Å²) >= 11 is 5.68. The summed E-state index contributed by atoms with van der Waals surface area (Å²) in [7, 11) is 0. The van der Waals surface area contributed by atoms with Gasteiger partial charge in [0.15, 0.2) is 0 Å². The summed E-state index contributed by atoms with van der Waals surface area (Å²) in [5.41, 5.74) is 2.72. The van der Waals surface area contributed by atoms with Gasteiger partial charge in [0.1, 0.15) is 18.2 Å². The lowest BCUT2D eigenvalue weighted by molar-refractivity contribution is 0.304. The Morgan fingerprint density at radius 1 is 1.17 bits per heavy atom. The number of aryl methyl sites for hydroxylation is 1. The summed E-state index contributed by atoms with van der Waals surface area (Å²) in [5, 5.41) is 0. The van der Waals surface area contributed by atoms with Gasteiger partial charge in [-0.3, -0.25) is 4.98 Å². The lowest BCUT2D eigenvalue weighted by atomic mass is 10.2. The van der Waals surface area contributed by atoms with Gasteiger partial charge in [-0.25, -0.2) is 4.39 Å². The van der Waals surface area contributed by atoms with E-state index < -0.39 is 0 Å². The van der Waals surface area contributed by atoms with Gasteiger partial charge in [-0.05, 0) is 36.2 Å². The van der Waals surface area contributed by atoms with Gasteiger partial charge in [-0.15, -0.1) is 11.6 Å². The van der Waals surface area contributed by atoms with E-state index in [9.17, 15) is 4.39 Å². The maximum Gasteiger partial charge on any atom is 0.127 e. The zero-order chi connectivity index (χ0) is 13.0. The third-order valence-corrected chi connectivity index (χ3v) is 2.73. The van der Waals surface area contributed by atoms with E-state index in [1.54, 1.807) is 18.5 Å². The molecule has 0 bridgehead atoms. The number of hydrogen-bond acceptors (Lipinski definition) is 2. The fraction of sp³-hybridized carbons (Fsp3) is 0.214. The Kier molecular flexibility index (Phi) is 4.15. The van der Waals surface area contributed by atoms with E-state index in [0.717, 1.165) is 11.1 Å². The number of pyridine rings is 1. The van der Waals surface area contributed by atoms with Crippen LogP contribution < -0.4 is 4.74 Å². The molecule has 2 aromatic rings. The second kappa shape index (κ2) is 5.83. The van der Waals surface area contributed by atoms with E-state index >= 15 is 0 Å². The molecule has 94 valence electrons. The van der Waals surface area contributed by atoms with E-state index in [1.807, 2.05) is 13.0 Å². The van der Waals surface area contributed by atoms with Gasteiger partial charge in [-0.2, -0.15) is 0 Å². The van der Waals surface area contributed by atoms with Crippen LogP contribution in [0, 0.1) is 12.7 Å². The molecule has 0 aliphatic carbocycles. The molecule has 0 saturated heterocycles. The molecule has 4 heteroatoms. The maximum absolute atomic E-state index is 13.3. The number of alkyl halides is 1. The second-order valence-corrected chi connectivity index (χ2v) is 4.36. The van der Waals surface area contributed by atoms with E-state index in [4.69, 9.17) is 16.3 Å². The molecule has 0 amide bonds. The molecule has 2 rings (SSSR count). The molecule has 0 saturated carbocycles. The van der Waals surface area contributed by atoms with Gasteiger partial charge in [0.25, 0.3) is 0 Å². The largest absolute Gasteiger partial charge is 0.489 e. The van der Waals surface area contributed by atoms with Crippen LogP contribution in [0.4, 0.5) is 4.39 Å². The van der Waals surface area contributed by atoms with Crippen LogP contribution in [-0.2, 0) is 12.5 Å². The normalized spacial score (nSPS) is 10.4. The zero-order valence-electron chi connectivity index (χ0n) is 9.99. The van der Waals surface area contributed by atoms with Crippen LogP contribution in [0.15, 0.2) is 36.7 Å². The Labute approximate surface area is 110 Å². The SMILES string of the molecule is Cc1cncc(COc2cc(F)cc(CCl)c2)c1. The molecule has 1 heterocycles. The maximum atomic E-state index is 13.3. The topological polar surface area (TPSA) is 22.1 Å². The molecule has 0 radical (unpaired) electrons. The standard InChI is InChI=1S/C14H13ClFNO/c1-10-2-12(8-17-7-10)9-18-14-4-11(6-15)3-13(16)5-14/h2-5,7-8H,6,9H2,1H3. The highest BCUT2D eigenvalue weighted by atomic mass is 35.5. The van der Waals surface area contributed by atoms with Crippen LogP contribution in [0.2, 0.25) is 0 Å². The van der Waals surface area contributed by atoms with Crippen LogP contribution in [0.5, 0.6) is 5.75 Å². The Hall–Kier alpha value is -1.61. The molecular weight excluding hydrogens is 253 g/mol. The summed E-state index contributed by atoms with van der Waals surface area (Å²) < 4.78 is 18.8. The van der Waals surface area contributed by atoms with Crippen molar-refractivity contribution in [1.82, 2.24) is 4.98 Å². The van der Waals surface area contributed by atoms with Crippen LogP contribution in [-0.4, -0.2) is 4.98 Å². The third kappa shape index (κ3) is 3.44. The minimum absolute atomic E-state index is 0.264. The van der Waals surface area contributed by atoms with E-state index in [0.29, 0.717) is 17.9 Å². The summed E-state index contributed by atoms with van der Waals surface area (Å²) in [6, 6.07) is 6.46. The highest BCUT2D eigenvalue weighted by Crippen LogP contribution is 2.19. The minimum atomic E-state index is -0.342. The first-order valence-electron chi connectivity index (χ1n) is 5.56. The number of halogens is 2. The number of aromatic nitrogens is 1. The van der Waals surface area contributed by atoms with Gasteiger partial charge in [0.05, 0.1) is 0 Å². The second-order valence-electron chi connectivity index (χ2n) is 4.09. The van der Waals surface area contributed by atoms with E-state index in [-0.39, 0.29) is 11.7 Å².